The number of aryl methyl sites for hydroxylation is 1. The average molecular weight is 333 g/mol. The van der Waals surface area contributed by atoms with Crippen LogP contribution in [0.1, 0.15) is 24.6 Å². The summed E-state index contributed by atoms with van der Waals surface area (Å²) in [4.78, 5) is 18.7. The van der Waals surface area contributed by atoms with E-state index in [0.717, 1.165) is 30.1 Å². The third kappa shape index (κ3) is 3.87. The molecule has 0 saturated carbocycles. The number of likely N-dealkylation sites (tertiary alicyclic amines) is 1. The van der Waals surface area contributed by atoms with Crippen LogP contribution < -0.4 is 0 Å². The Bertz CT molecular complexity index is 698. The largest absolute Gasteiger partial charge is 0.393 e. The second kappa shape index (κ2) is 6.93. The van der Waals surface area contributed by atoms with E-state index in [9.17, 15) is 9.90 Å². The summed E-state index contributed by atoms with van der Waals surface area (Å²) in [5.74, 6) is 1.60. The van der Waals surface area contributed by atoms with E-state index < -0.39 is 0 Å². The number of carbonyl (C=O) groups is 1. The van der Waals surface area contributed by atoms with Crippen molar-refractivity contribution in [2.45, 2.75) is 32.1 Å². The van der Waals surface area contributed by atoms with Crippen LogP contribution in [0, 0.1) is 12.8 Å². The molecule has 3 heterocycles. The van der Waals surface area contributed by atoms with E-state index in [1.807, 2.05) is 21.6 Å². The number of hydrogen-bond donors (Lipinski definition) is 1. The van der Waals surface area contributed by atoms with Crippen LogP contribution in [0.3, 0.4) is 0 Å². The maximum atomic E-state index is 12.2. The molecule has 2 atom stereocenters. The first-order valence-corrected chi connectivity index (χ1v) is 9.16. The van der Waals surface area contributed by atoms with Crippen LogP contribution in [0.15, 0.2) is 24.5 Å². The Morgan fingerprint density at radius 1 is 1.48 bits per heavy atom. The molecule has 0 bridgehead atoms. The molecule has 1 fully saturated rings. The van der Waals surface area contributed by atoms with Gasteiger partial charge in [0.05, 0.1) is 17.6 Å². The Morgan fingerprint density at radius 3 is 3.04 bits per heavy atom. The average Bonchev–Trinajstić information content (AvgIpc) is 3.12. The van der Waals surface area contributed by atoms with Gasteiger partial charge in [0.2, 0.25) is 5.91 Å². The Morgan fingerprint density at radius 2 is 2.30 bits per heavy atom. The molecule has 2 aromatic rings. The zero-order valence-electron chi connectivity index (χ0n) is 13.6. The summed E-state index contributed by atoms with van der Waals surface area (Å²) in [7, 11) is 0. The van der Waals surface area contributed by atoms with E-state index in [-0.39, 0.29) is 17.9 Å². The van der Waals surface area contributed by atoms with Crippen LogP contribution in [0.2, 0.25) is 0 Å². The maximum Gasteiger partial charge on any atom is 0.232 e. The van der Waals surface area contributed by atoms with Gasteiger partial charge in [0.1, 0.15) is 5.65 Å². The summed E-state index contributed by atoms with van der Waals surface area (Å²) in [6.45, 7) is 5.31. The summed E-state index contributed by atoms with van der Waals surface area (Å²) in [5.41, 5.74) is 3.14. The molecule has 124 valence electrons. The van der Waals surface area contributed by atoms with Gasteiger partial charge < -0.3 is 14.4 Å². The van der Waals surface area contributed by atoms with Gasteiger partial charge in [-0.05, 0) is 31.9 Å². The number of imidazole rings is 1. The number of carbonyl (C=O) groups excluding carboxylic acids is 1. The molecular formula is C17H23N3O2S. The van der Waals surface area contributed by atoms with Crippen molar-refractivity contribution in [1.29, 1.82) is 0 Å². The molecule has 23 heavy (non-hydrogen) atoms. The zero-order chi connectivity index (χ0) is 16.4. The molecule has 1 N–H and O–H groups in total. The number of pyridine rings is 1. The minimum absolute atomic E-state index is 0.165. The van der Waals surface area contributed by atoms with E-state index in [1.165, 1.54) is 5.56 Å². The molecule has 0 aliphatic carbocycles. The topological polar surface area (TPSA) is 57.8 Å². The van der Waals surface area contributed by atoms with E-state index in [0.29, 0.717) is 12.3 Å². The number of thioether (sulfide) groups is 1. The summed E-state index contributed by atoms with van der Waals surface area (Å²) in [5, 5.41) is 9.61. The lowest BCUT2D eigenvalue weighted by molar-refractivity contribution is -0.127. The minimum Gasteiger partial charge on any atom is -0.393 e. The highest BCUT2D eigenvalue weighted by Crippen LogP contribution is 2.21. The van der Waals surface area contributed by atoms with Crippen molar-refractivity contribution in [1.82, 2.24) is 14.3 Å². The van der Waals surface area contributed by atoms with E-state index in [2.05, 4.69) is 24.2 Å². The third-order valence-electron chi connectivity index (χ3n) is 4.38. The number of aromatic nitrogens is 2. The van der Waals surface area contributed by atoms with Gasteiger partial charge in [-0.25, -0.2) is 4.98 Å². The van der Waals surface area contributed by atoms with Crippen molar-refractivity contribution in [3.63, 3.8) is 0 Å². The van der Waals surface area contributed by atoms with Gasteiger partial charge in [0.25, 0.3) is 0 Å². The molecule has 1 aliphatic heterocycles. The molecule has 6 heteroatoms. The number of rotatable bonds is 5. The van der Waals surface area contributed by atoms with Gasteiger partial charge in [-0.15, -0.1) is 11.8 Å². The van der Waals surface area contributed by atoms with Crippen LogP contribution in [0.5, 0.6) is 0 Å². The van der Waals surface area contributed by atoms with Crippen molar-refractivity contribution < 1.29 is 9.90 Å². The molecule has 2 aromatic heterocycles. The predicted molar refractivity (Wildman–Crippen MR) is 92.5 cm³/mol. The second-order valence-corrected chi connectivity index (χ2v) is 7.31. The second-order valence-electron chi connectivity index (χ2n) is 6.33. The van der Waals surface area contributed by atoms with Crippen molar-refractivity contribution in [3.05, 3.63) is 35.8 Å². The molecule has 0 aromatic carbocycles. The van der Waals surface area contributed by atoms with Gasteiger partial charge >= 0.3 is 0 Å². The fourth-order valence-electron chi connectivity index (χ4n) is 2.97. The van der Waals surface area contributed by atoms with Crippen LogP contribution >= 0.6 is 11.8 Å². The number of aliphatic hydroxyl groups is 1. The standard InChI is InChI=1S/C17H23N3O2S/c1-12-3-4-16-18-15(9-20(16)7-12)10-23-11-17(22)19-6-5-14(8-19)13(2)21/h3-4,7,9,13-14,21H,5-6,8,10-11H2,1-2H3. The Balaban J connectivity index is 1.49. The smallest absolute Gasteiger partial charge is 0.232 e. The first-order chi connectivity index (χ1) is 11.0. The Labute approximate surface area is 140 Å². The Hall–Kier alpha value is -1.53. The summed E-state index contributed by atoms with van der Waals surface area (Å²) >= 11 is 1.60. The summed E-state index contributed by atoms with van der Waals surface area (Å²) in [6, 6.07) is 4.06. The van der Waals surface area contributed by atoms with Crippen molar-refractivity contribution in [2.75, 3.05) is 18.8 Å². The highest BCUT2D eigenvalue weighted by atomic mass is 32.2. The zero-order valence-corrected chi connectivity index (χ0v) is 14.4. The Kier molecular flexibility index (Phi) is 4.92. The molecule has 0 spiro atoms. The summed E-state index contributed by atoms with van der Waals surface area (Å²) < 4.78 is 2.03. The predicted octanol–water partition coefficient (Wildman–Crippen LogP) is 2.11. The first-order valence-electron chi connectivity index (χ1n) is 8.01. The van der Waals surface area contributed by atoms with Gasteiger partial charge in [0, 0.05) is 37.2 Å². The monoisotopic (exact) mass is 333 g/mol. The molecular weight excluding hydrogens is 310 g/mol. The molecule has 1 aliphatic rings. The van der Waals surface area contributed by atoms with Crippen LogP contribution in [-0.2, 0) is 10.5 Å². The molecule has 0 radical (unpaired) electrons. The highest BCUT2D eigenvalue weighted by molar-refractivity contribution is 7.99. The molecule has 1 amide bonds. The number of nitrogens with zero attached hydrogens (tertiary/aromatic N) is 3. The number of aliphatic hydroxyl groups excluding tert-OH is 1. The third-order valence-corrected chi connectivity index (χ3v) is 5.33. The minimum atomic E-state index is -0.332. The lowest BCUT2D eigenvalue weighted by atomic mass is 10.0. The fraction of sp³-hybridized carbons (Fsp3) is 0.529. The molecule has 3 rings (SSSR count). The van der Waals surface area contributed by atoms with E-state index >= 15 is 0 Å². The van der Waals surface area contributed by atoms with Crippen molar-refractivity contribution in [2.24, 2.45) is 5.92 Å². The SMILES string of the molecule is Cc1ccc2nc(CSCC(=O)N3CCC(C(C)O)C3)cn2c1. The van der Waals surface area contributed by atoms with Gasteiger partial charge in [0.15, 0.2) is 0 Å². The quantitative estimate of drug-likeness (QED) is 0.910. The van der Waals surface area contributed by atoms with Crippen LogP contribution in [0.25, 0.3) is 5.65 Å². The number of amides is 1. The van der Waals surface area contributed by atoms with Crippen LogP contribution in [-0.4, -0.2) is 50.2 Å². The fourth-order valence-corrected chi connectivity index (χ4v) is 3.77. The molecule has 5 nitrogen and oxygen atoms in total. The van der Waals surface area contributed by atoms with Gasteiger partial charge in [-0.1, -0.05) is 6.07 Å². The van der Waals surface area contributed by atoms with E-state index in [1.54, 1.807) is 18.7 Å². The molecule has 1 saturated heterocycles. The van der Waals surface area contributed by atoms with Crippen molar-refractivity contribution in [3.8, 4) is 0 Å². The highest BCUT2D eigenvalue weighted by Gasteiger charge is 2.28. The van der Waals surface area contributed by atoms with Crippen molar-refractivity contribution >= 4 is 23.3 Å². The maximum absolute atomic E-state index is 12.2. The van der Waals surface area contributed by atoms with E-state index in [4.69, 9.17) is 0 Å². The number of hydrogen-bond acceptors (Lipinski definition) is 4. The van der Waals surface area contributed by atoms with Gasteiger partial charge in [-0.3, -0.25) is 4.79 Å². The lowest BCUT2D eigenvalue weighted by Crippen LogP contribution is -2.31. The molecule has 2 unspecified atom stereocenters. The first kappa shape index (κ1) is 16.3. The van der Waals surface area contributed by atoms with Gasteiger partial charge in [-0.2, -0.15) is 0 Å². The normalized spacial score (nSPS) is 19.4. The summed E-state index contributed by atoms with van der Waals surface area (Å²) in [6.07, 6.45) is 4.66. The van der Waals surface area contributed by atoms with Crippen LogP contribution in [0.4, 0.5) is 0 Å². The lowest BCUT2D eigenvalue weighted by Gasteiger charge is -2.17. The number of fused-ring (bicyclic) bond motifs is 1.